The molecule has 2 aromatic rings. The predicted molar refractivity (Wildman–Crippen MR) is 110 cm³/mol. The summed E-state index contributed by atoms with van der Waals surface area (Å²) in [6.45, 7) is 8.32. The normalized spacial score (nSPS) is 10.2. The molecule has 0 saturated carbocycles. The van der Waals surface area contributed by atoms with E-state index in [1.165, 1.54) is 12.8 Å². The van der Waals surface area contributed by atoms with Crippen LogP contribution in [0.15, 0.2) is 42.5 Å². The van der Waals surface area contributed by atoms with Crippen molar-refractivity contribution in [3.8, 4) is 0 Å². The molecule has 0 aliphatic rings. The summed E-state index contributed by atoms with van der Waals surface area (Å²) in [5.41, 5.74) is 4.13. The molecule has 0 aliphatic heterocycles. The second-order valence-corrected chi connectivity index (χ2v) is 6.15. The fraction of sp³-hybridized carbons (Fsp3) is 0.333. The number of carbonyl (C=O) groups excluding carboxylic acids is 2. The van der Waals surface area contributed by atoms with Crippen LogP contribution in [0.2, 0.25) is 0 Å². The Balaban J connectivity index is 1.97. The van der Waals surface area contributed by atoms with Gasteiger partial charge in [-0.3, -0.25) is 4.79 Å². The average molecular weight is 369 g/mol. The minimum absolute atomic E-state index is 0.133. The largest absolute Gasteiger partial charge is 0.465 e. The molecule has 2 N–H and O–H groups in total. The number of aryl methyl sites for hydroxylation is 1. The van der Waals surface area contributed by atoms with Crippen molar-refractivity contribution in [1.82, 2.24) is 0 Å². The molecule has 0 saturated heterocycles. The third-order valence-corrected chi connectivity index (χ3v) is 4.35. The molecule has 0 heterocycles. The summed E-state index contributed by atoms with van der Waals surface area (Å²) in [5.74, 6) is -0.627. The van der Waals surface area contributed by atoms with Crippen molar-refractivity contribution >= 4 is 28.9 Å². The monoisotopic (exact) mass is 369 g/mol. The Morgan fingerprint density at radius 1 is 1.07 bits per heavy atom. The fourth-order valence-corrected chi connectivity index (χ4v) is 2.85. The lowest BCUT2D eigenvalue weighted by Crippen LogP contribution is -2.23. The first-order valence-electron chi connectivity index (χ1n) is 9.06. The van der Waals surface area contributed by atoms with Crippen LogP contribution >= 0.6 is 0 Å². The maximum absolute atomic E-state index is 12.2. The van der Waals surface area contributed by atoms with Crippen molar-refractivity contribution in [2.75, 3.05) is 42.3 Å². The van der Waals surface area contributed by atoms with Crippen LogP contribution in [0, 0.1) is 6.92 Å². The Bertz CT molecular complexity index is 801. The Labute approximate surface area is 160 Å². The Morgan fingerprint density at radius 3 is 2.44 bits per heavy atom. The number of amides is 1. The van der Waals surface area contributed by atoms with E-state index in [2.05, 4.69) is 46.3 Å². The van der Waals surface area contributed by atoms with Crippen molar-refractivity contribution < 1.29 is 14.3 Å². The molecule has 2 aromatic carbocycles. The maximum atomic E-state index is 12.2. The van der Waals surface area contributed by atoms with Crippen LogP contribution in [0.3, 0.4) is 0 Å². The summed E-state index contributed by atoms with van der Waals surface area (Å²) in [6, 6.07) is 12.8. The van der Waals surface area contributed by atoms with Crippen molar-refractivity contribution in [2.24, 2.45) is 0 Å². The average Bonchev–Trinajstić information content (AvgIpc) is 2.68. The minimum Gasteiger partial charge on any atom is -0.465 e. The smallest absolute Gasteiger partial charge is 0.337 e. The number of ether oxygens (including phenoxy) is 1. The van der Waals surface area contributed by atoms with E-state index in [1.54, 1.807) is 24.3 Å². The lowest BCUT2D eigenvalue weighted by Gasteiger charge is -2.22. The molecule has 0 aromatic heterocycles. The van der Waals surface area contributed by atoms with Gasteiger partial charge in [-0.1, -0.05) is 6.07 Å². The molecule has 6 nitrogen and oxygen atoms in total. The molecular formula is C21H27N3O3. The SMILES string of the molecule is CCN(CC)c1ccc(NCC(=O)Nc2cccc(C(=O)OC)c2)c(C)c1. The number of methoxy groups -OCH3 is 1. The number of carbonyl (C=O) groups is 2. The van der Waals surface area contributed by atoms with Crippen molar-refractivity contribution in [1.29, 1.82) is 0 Å². The second kappa shape index (κ2) is 9.62. The van der Waals surface area contributed by atoms with E-state index in [-0.39, 0.29) is 12.5 Å². The summed E-state index contributed by atoms with van der Waals surface area (Å²) >= 11 is 0. The maximum Gasteiger partial charge on any atom is 0.337 e. The summed E-state index contributed by atoms with van der Waals surface area (Å²) in [7, 11) is 1.32. The molecule has 2 rings (SSSR count). The number of esters is 1. The molecular weight excluding hydrogens is 342 g/mol. The van der Waals surface area contributed by atoms with Gasteiger partial charge in [0.05, 0.1) is 19.2 Å². The predicted octanol–water partition coefficient (Wildman–Crippen LogP) is 3.68. The van der Waals surface area contributed by atoms with Gasteiger partial charge in [0.15, 0.2) is 0 Å². The number of nitrogens with zero attached hydrogens (tertiary/aromatic N) is 1. The number of nitrogens with one attached hydrogen (secondary N) is 2. The molecule has 0 atom stereocenters. The minimum atomic E-state index is -0.437. The van der Waals surface area contributed by atoms with E-state index in [4.69, 9.17) is 0 Å². The zero-order valence-electron chi connectivity index (χ0n) is 16.3. The number of anilines is 3. The van der Waals surface area contributed by atoms with Crippen molar-refractivity contribution in [3.05, 3.63) is 53.6 Å². The third-order valence-electron chi connectivity index (χ3n) is 4.35. The molecule has 144 valence electrons. The number of benzene rings is 2. The zero-order chi connectivity index (χ0) is 19.8. The first kappa shape index (κ1) is 20.3. The zero-order valence-corrected chi connectivity index (χ0v) is 16.3. The highest BCUT2D eigenvalue weighted by molar-refractivity contribution is 5.96. The topological polar surface area (TPSA) is 70.7 Å². The first-order chi connectivity index (χ1) is 13.0. The van der Waals surface area contributed by atoms with E-state index >= 15 is 0 Å². The number of rotatable bonds is 8. The Hall–Kier alpha value is -3.02. The van der Waals surface area contributed by atoms with E-state index in [1.807, 2.05) is 13.0 Å². The summed E-state index contributed by atoms with van der Waals surface area (Å²) in [4.78, 5) is 26.1. The summed E-state index contributed by atoms with van der Waals surface area (Å²) in [6.07, 6.45) is 0. The van der Waals surface area contributed by atoms with Crippen molar-refractivity contribution in [3.63, 3.8) is 0 Å². The lowest BCUT2D eigenvalue weighted by molar-refractivity contribution is -0.114. The third kappa shape index (κ3) is 5.48. The van der Waals surface area contributed by atoms with Gasteiger partial charge >= 0.3 is 5.97 Å². The van der Waals surface area contributed by atoms with E-state index in [0.717, 1.165) is 24.3 Å². The highest BCUT2D eigenvalue weighted by atomic mass is 16.5. The van der Waals surface area contributed by atoms with Crippen molar-refractivity contribution in [2.45, 2.75) is 20.8 Å². The van der Waals surface area contributed by atoms with Gasteiger partial charge in [0, 0.05) is 30.2 Å². The van der Waals surface area contributed by atoms with Crippen LogP contribution < -0.4 is 15.5 Å². The molecule has 0 spiro atoms. The van der Waals surface area contributed by atoms with Crippen LogP contribution in [-0.2, 0) is 9.53 Å². The highest BCUT2D eigenvalue weighted by Gasteiger charge is 2.09. The molecule has 0 bridgehead atoms. The molecule has 27 heavy (non-hydrogen) atoms. The highest BCUT2D eigenvalue weighted by Crippen LogP contribution is 2.22. The summed E-state index contributed by atoms with van der Waals surface area (Å²) < 4.78 is 4.69. The van der Waals surface area contributed by atoms with Gasteiger partial charge in [-0.05, 0) is 62.7 Å². The van der Waals surface area contributed by atoms with Gasteiger partial charge in [-0.25, -0.2) is 4.79 Å². The van der Waals surface area contributed by atoms with Crippen LogP contribution in [0.4, 0.5) is 17.1 Å². The molecule has 0 aliphatic carbocycles. The van der Waals surface area contributed by atoms with E-state index in [0.29, 0.717) is 11.3 Å². The van der Waals surface area contributed by atoms with Crippen LogP contribution in [-0.4, -0.2) is 38.6 Å². The second-order valence-electron chi connectivity index (χ2n) is 6.15. The molecule has 0 unspecified atom stereocenters. The molecule has 1 amide bonds. The lowest BCUT2D eigenvalue weighted by atomic mass is 10.1. The fourth-order valence-electron chi connectivity index (χ4n) is 2.85. The van der Waals surface area contributed by atoms with Gasteiger partial charge in [-0.2, -0.15) is 0 Å². The van der Waals surface area contributed by atoms with Gasteiger partial charge in [0.1, 0.15) is 0 Å². The van der Waals surface area contributed by atoms with Gasteiger partial charge in [0.2, 0.25) is 5.91 Å². The standard InChI is InChI=1S/C21H27N3O3/c1-5-24(6-2)18-10-11-19(15(3)12-18)22-14-20(25)23-17-9-7-8-16(13-17)21(26)27-4/h7-13,22H,5-6,14H2,1-4H3,(H,23,25). The number of hydrogen-bond donors (Lipinski definition) is 2. The molecule has 6 heteroatoms. The Kier molecular flexibility index (Phi) is 7.23. The quantitative estimate of drug-likeness (QED) is 0.695. The van der Waals surface area contributed by atoms with Crippen LogP contribution in [0.25, 0.3) is 0 Å². The van der Waals surface area contributed by atoms with Gasteiger partial charge < -0.3 is 20.3 Å². The summed E-state index contributed by atoms with van der Waals surface area (Å²) in [5, 5.41) is 5.94. The first-order valence-corrected chi connectivity index (χ1v) is 9.06. The van der Waals surface area contributed by atoms with Gasteiger partial charge in [0.25, 0.3) is 0 Å². The van der Waals surface area contributed by atoms with Crippen LogP contribution in [0.1, 0.15) is 29.8 Å². The van der Waals surface area contributed by atoms with E-state index < -0.39 is 5.97 Å². The Morgan fingerprint density at radius 2 is 1.81 bits per heavy atom. The van der Waals surface area contributed by atoms with E-state index in [9.17, 15) is 9.59 Å². The van der Waals surface area contributed by atoms with Crippen LogP contribution in [0.5, 0.6) is 0 Å². The molecule has 0 radical (unpaired) electrons. The molecule has 0 fully saturated rings. The number of hydrogen-bond acceptors (Lipinski definition) is 5. The van der Waals surface area contributed by atoms with Gasteiger partial charge in [-0.15, -0.1) is 0 Å².